The second-order valence-electron chi connectivity index (χ2n) is 2.65. The van der Waals surface area contributed by atoms with Gasteiger partial charge in [0.05, 0.1) is 11.1 Å². The lowest BCUT2D eigenvalue weighted by atomic mass is 10.1. The molecule has 0 saturated carbocycles. The lowest BCUT2D eigenvalue weighted by Gasteiger charge is -1.88. The normalized spacial score (nSPS) is 13.1. The molecule has 0 aromatic heterocycles. The molecule has 80 valence electrons. The number of nitrogens with one attached hydrogen (secondary N) is 1. The van der Waals surface area contributed by atoms with Crippen LogP contribution in [0.4, 0.5) is 0 Å². The number of amides is 2. The van der Waals surface area contributed by atoms with Gasteiger partial charge in [0.2, 0.25) is 8.53 Å². The standard InChI is InChI=1S/C8H5NO2.H4NO2P/c10-7-5-3-1-2-4-6(5)8(11)9-7;1-4(2)3/h1-4H,(H,9,10,11);2-3H,1H2. The van der Waals surface area contributed by atoms with Gasteiger partial charge in [-0.25, -0.2) is 0 Å². The molecule has 0 saturated heterocycles. The molecule has 1 aromatic carbocycles. The molecular weight excluding hydrogens is 219 g/mol. The molecule has 0 spiro atoms. The van der Waals surface area contributed by atoms with E-state index in [-0.39, 0.29) is 11.8 Å². The van der Waals surface area contributed by atoms with E-state index in [0.29, 0.717) is 11.1 Å². The molecule has 1 aromatic rings. The third kappa shape index (κ3) is 3.07. The van der Waals surface area contributed by atoms with Crippen LogP contribution in [0.5, 0.6) is 0 Å². The molecule has 5 N–H and O–H groups in total. The summed E-state index contributed by atoms with van der Waals surface area (Å²) in [4.78, 5) is 36.8. The first kappa shape index (κ1) is 11.7. The molecule has 1 heterocycles. The van der Waals surface area contributed by atoms with Crippen molar-refractivity contribution >= 4 is 20.3 Å². The molecule has 0 bridgehead atoms. The first-order chi connectivity index (χ1) is 7.02. The summed E-state index contributed by atoms with van der Waals surface area (Å²) in [5.74, 6) is -0.601. The highest BCUT2D eigenvalue weighted by Gasteiger charge is 2.25. The summed E-state index contributed by atoms with van der Waals surface area (Å²) in [6, 6.07) is 6.74. The molecule has 0 radical (unpaired) electrons. The largest absolute Gasteiger partial charge is 0.338 e. The van der Waals surface area contributed by atoms with Crippen LogP contribution in [0.15, 0.2) is 24.3 Å². The van der Waals surface area contributed by atoms with E-state index in [1.54, 1.807) is 24.3 Å². The smallest absolute Gasteiger partial charge is 0.258 e. The van der Waals surface area contributed by atoms with Crippen LogP contribution >= 0.6 is 8.53 Å². The highest BCUT2D eigenvalue weighted by Crippen LogP contribution is 2.13. The van der Waals surface area contributed by atoms with Crippen LogP contribution in [0.3, 0.4) is 0 Å². The summed E-state index contributed by atoms with van der Waals surface area (Å²) in [5, 5.41) is 2.20. The molecule has 1 aliphatic rings. The number of imide groups is 1. The highest BCUT2D eigenvalue weighted by atomic mass is 31.2. The lowest BCUT2D eigenvalue weighted by Crippen LogP contribution is -2.19. The van der Waals surface area contributed by atoms with Crippen molar-refractivity contribution in [1.82, 2.24) is 5.32 Å². The average molecular weight is 228 g/mol. The van der Waals surface area contributed by atoms with E-state index in [9.17, 15) is 9.59 Å². The van der Waals surface area contributed by atoms with Gasteiger partial charge in [0, 0.05) is 0 Å². The fraction of sp³-hybridized carbons (Fsp3) is 0. The number of nitrogens with two attached hydrogens (primary N) is 1. The zero-order valence-electron chi connectivity index (χ0n) is 7.54. The van der Waals surface area contributed by atoms with Gasteiger partial charge in [0.1, 0.15) is 0 Å². The summed E-state index contributed by atoms with van der Waals surface area (Å²) < 4.78 is 0. The van der Waals surface area contributed by atoms with E-state index in [1.165, 1.54) is 0 Å². The maximum absolute atomic E-state index is 10.9. The molecule has 2 amide bonds. The SMILES string of the molecule is NP(O)O.O=C1NC(=O)c2ccccc21. The predicted molar refractivity (Wildman–Crippen MR) is 53.8 cm³/mol. The van der Waals surface area contributed by atoms with Gasteiger partial charge in [-0.15, -0.1) is 0 Å². The second kappa shape index (κ2) is 4.95. The van der Waals surface area contributed by atoms with Gasteiger partial charge >= 0.3 is 0 Å². The van der Waals surface area contributed by atoms with Crippen LogP contribution in [-0.2, 0) is 0 Å². The van der Waals surface area contributed by atoms with Crippen molar-refractivity contribution < 1.29 is 19.4 Å². The Morgan fingerprint density at radius 2 is 1.40 bits per heavy atom. The molecule has 7 heteroatoms. The quantitative estimate of drug-likeness (QED) is 0.360. The zero-order chi connectivity index (χ0) is 11.4. The number of carbonyl (C=O) groups is 2. The summed E-state index contributed by atoms with van der Waals surface area (Å²) in [7, 11) is -2.12. The number of carbonyl (C=O) groups excluding carboxylic acids is 2. The summed E-state index contributed by atoms with van der Waals surface area (Å²) >= 11 is 0. The Bertz CT molecular complexity index is 358. The van der Waals surface area contributed by atoms with Gasteiger partial charge in [0.15, 0.2) is 0 Å². The number of benzene rings is 1. The van der Waals surface area contributed by atoms with Gasteiger partial charge in [-0.1, -0.05) is 12.1 Å². The van der Waals surface area contributed by atoms with Crippen molar-refractivity contribution in [2.24, 2.45) is 5.50 Å². The van der Waals surface area contributed by atoms with Crippen LogP contribution in [0.2, 0.25) is 0 Å². The van der Waals surface area contributed by atoms with Gasteiger partial charge in [-0.2, -0.15) is 0 Å². The fourth-order valence-corrected chi connectivity index (χ4v) is 1.12. The van der Waals surface area contributed by atoms with Crippen LogP contribution in [0, 0.1) is 0 Å². The molecule has 0 atom stereocenters. The Hall–Kier alpha value is -1.33. The second-order valence-corrected chi connectivity index (χ2v) is 3.29. The fourth-order valence-electron chi connectivity index (χ4n) is 1.12. The Morgan fingerprint density at radius 3 is 1.73 bits per heavy atom. The maximum atomic E-state index is 10.9. The van der Waals surface area contributed by atoms with Gasteiger partial charge in [-0.3, -0.25) is 20.4 Å². The van der Waals surface area contributed by atoms with Crippen molar-refractivity contribution in [3.05, 3.63) is 35.4 Å². The highest BCUT2D eigenvalue weighted by molar-refractivity contribution is 7.42. The van der Waals surface area contributed by atoms with Crippen LogP contribution in [0.25, 0.3) is 0 Å². The number of hydrogen-bond donors (Lipinski definition) is 4. The summed E-state index contributed by atoms with van der Waals surface area (Å²) in [6.45, 7) is 0. The Labute approximate surface area is 86.7 Å². The van der Waals surface area contributed by atoms with Crippen LogP contribution in [-0.4, -0.2) is 21.6 Å². The molecule has 2 rings (SSSR count). The van der Waals surface area contributed by atoms with Gasteiger partial charge in [-0.05, 0) is 12.1 Å². The third-order valence-electron chi connectivity index (χ3n) is 1.64. The predicted octanol–water partition coefficient (Wildman–Crippen LogP) is -0.273. The topological polar surface area (TPSA) is 113 Å². The van der Waals surface area contributed by atoms with Crippen LogP contribution < -0.4 is 10.8 Å². The van der Waals surface area contributed by atoms with E-state index in [4.69, 9.17) is 9.79 Å². The van der Waals surface area contributed by atoms with Gasteiger partial charge in [0.25, 0.3) is 11.8 Å². The monoisotopic (exact) mass is 228 g/mol. The average Bonchev–Trinajstić information content (AvgIpc) is 2.43. The zero-order valence-corrected chi connectivity index (χ0v) is 8.44. The summed E-state index contributed by atoms with van der Waals surface area (Å²) in [5.41, 5.74) is 5.23. The lowest BCUT2D eigenvalue weighted by molar-refractivity contribution is 0.0879. The van der Waals surface area contributed by atoms with Crippen molar-refractivity contribution in [1.29, 1.82) is 0 Å². The molecule has 0 aliphatic carbocycles. The minimum Gasteiger partial charge on any atom is -0.338 e. The Morgan fingerprint density at radius 1 is 1.07 bits per heavy atom. The molecule has 15 heavy (non-hydrogen) atoms. The van der Waals surface area contributed by atoms with Crippen molar-refractivity contribution in [2.75, 3.05) is 0 Å². The van der Waals surface area contributed by atoms with Crippen molar-refractivity contribution in [3.8, 4) is 0 Å². The van der Waals surface area contributed by atoms with Crippen LogP contribution in [0.1, 0.15) is 20.7 Å². The minimum absolute atomic E-state index is 0.300. The first-order valence-electron chi connectivity index (χ1n) is 3.89. The molecule has 6 nitrogen and oxygen atoms in total. The summed E-state index contributed by atoms with van der Waals surface area (Å²) in [6.07, 6.45) is 0. The number of fused-ring (bicyclic) bond motifs is 1. The van der Waals surface area contributed by atoms with E-state index in [0.717, 1.165) is 0 Å². The molecule has 1 aliphatic heterocycles. The van der Waals surface area contributed by atoms with Gasteiger partial charge < -0.3 is 9.79 Å². The number of rotatable bonds is 0. The molecule has 0 fully saturated rings. The van der Waals surface area contributed by atoms with E-state index in [1.807, 2.05) is 0 Å². The van der Waals surface area contributed by atoms with E-state index >= 15 is 0 Å². The Kier molecular flexibility index (Phi) is 3.88. The maximum Gasteiger partial charge on any atom is 0.258 e. The molecule has 0 unspecified atom stereocenters. The van der Waals surface area contributed by atoms with E-state index < -0.39 is 8.53 Å². The van der Waals surface area contributed by atoms with Crippen molar-refractivity contribution in [2.45, 2.75) is 0 Å². The van der Waals surface area contributed by atoms with Crippen molar-refractivity contribution in [3.63, 3.8) is 0 Å². The molecular formula is C8H9N2O4P. The minimum atomic E-state index is -2.12. The number of hydrogen-bond acceptors (Lipinski definition) is 5. The third-order valence-corrected chi connectivity index (χ3v) is 1.64. The van der Waals surface area contributed by atoms with E-state index in [2.05, 4.69) is 10.8 Å². The first-order valence-corrected chi connectivity index (χ1v) is 5.21. The Balaban J connectivity index is 0.000000245.